The summed E-state index contributed by atoms with van der Waals surface area (Å²) in [6.45, 7) is 0. The third-order valence-electron chi connectivity index (χ3n) is 3.03. The fraction of sp³-hybridized carbons (Fsp3) is 0.818. The van der Waals surface area contributed by atoms with Crippen molar-refractivity contribution < 1.29 is 27.9 Å². The average molecular weight is 278 g/mol. The molecular formula is C11H19O6P. The van der Waals surface area contributed by atoms with Gasteiger partial charge in [-0.05, 0) is 12.8 Å². The van der Waals surface area contributed by atoms with Crippen LogP contribution in [-0.2, 0) is 27.9 Å². The molecule has 0 aromatic heterocycles. The van der Waals surface area contributed by atoms with Gasteiger partial charge in [-0.25, -0.2) is 0 Å². The number of carbonyl (C=O) groups is 2. The number of ether oxygens (including phenoxy) is 1. The lowest BCUT2D eigenvalue weighted by molar-refractivity contribution is -0.161. The second-order valence-corrected chi connectivity index (χ2v) is 6.53. The predicted octanol–water partition coefficient (Wildman–Crippen LogP) is 2.12. The highest BCUT2D eigenvalue weighted by Gasteiger charge is 2.30. The summed E-state index contributed by atoms with van der Waals surface area (Å²) in [5.74, 6) is -1.61. The Morgan fingerprint density at radius 1 is 1.11 bits per heavy atom. The second kappa shape index (κ2) is 7.02. The van der Waals surface area contributed by atoms with E-state index in [1.807, 2.05) is 0 Å². The lowest BCUT2D eigenvalue weighted by Crippen LogP contribution is -2.25. The van der Waals surface area contributed by atoms with E-state index in [1.165, 1.54) is 14.2 Å². The summed E-state index contributed by atoms with van der Waals surface area (Å²) in [7, 11) is -1.10. The van der Waals surface area contributed by atoms with Crippen molar-refractivity contribution in [1.82, 2.24) is 0 Å². The molecule has 0 heterocycles. The normalized spacial score (nSPS) is 17.4. The van der Waals surface area contributed by atoms with Gasteiger partial charge in [0.15, 0.2) is 0 Å². The Kier molecular flexibility index (Phi) is 5.99. The molecule has 1 saturated carbocycles. The standard InChI is InChI=1S/C11H19O6P/c1-15-18(14,16-2)8-10(12)17-11(13)9-6-4-3-5-7-9/h9H,3-8H2,1-2H3. The van der Waals surface area contributed by atoms with Crippen LogP contribution in [0.4, 0.5) is 0 Å². The van der Waals surface area contributed by atoms with Crippen LogP contribution in [0.2, 0.25) is 0 Å². The van der Waals surface area contributed by atoms with Crippen LogP contribution in [0.3, 0.4) is 0 Å². The van der Waals surface area contributed by atoms with E-state index < -0.39 is 25.7 Å². The molecule has 1 rings (SSSR count). The average Bonchev–Trinajstić information content (AvgIpc) is 2.39. The molecule has 0 bridgehead atoms. The SMILES string of the molecule is COP(=O)(CC(=O)OC(=O)C1CCCCC1)OC. The van der Waals surface area contributed by atoms with Crippen LogP contribution in [0.1, 0.15) is 32.1 Å². The summed E-state index contributed by atoms with van der Waals surface area (Å²) in [4.78, 5) is 23.1. The van der Waals surface area contributed by atoms with Crippen LogP contribution < -0.4 is 0 Å². The third kappa shape index (κ3) is 4.52. The number of carbonyl (C=O) groups excluding carboxylic acids is 2. The van der Waals surface area contributed by atoms with Crippen molar-refractivity contribution in [2.75, 3.05) is 20.4 Å². The van der Waals surface area contributed by atoms with E-state index in [0.717, 1.165) is 32.1 Å². The molecule has 0 aromatic carbocycles. The van der Waals surface area contributed by atoms with Gasteiger partial charge >= 0.3 is 19.5 Å². The summed E-state index contributed by atoms with van der Waals surface area (Å²) >= 11 is 0. The smallest absolute Gasteiger partial charge is 0.341 e. The molecule has 7 heteroatoms. The number of hydrogen-bond donors (Lipinski definition) is 0. The van der Waals surface area contributed by atoms with Gasteiger partial charge < -0.3 is 13.8 Å². The van der Waals surface area contributed by atoms with E-state index in [1.54, 1.807) is 0 Å². The quantitative estimate of drug-likeness (QED) is 0.435. The highest BCUT2D eigenvalue weighted by molar-refractivity contribution is 7.54. The number of hydrogen-bond acceptors (Lipinski definition) is 6. The largest absolute Gasteiger partial charge is 0.392 e. The Bertz CT molecular complexity index is 339. The maximum atomic E-state index is 11.7. The molecule has 6 nitrogen and oxygen atoms in total. The number of rotatable bonds is 5. The van der Waals surface area contributed by atoms with Gasteiger partial charge in [-0.1, -0.05) is 19.3 Å². The molecule has 1 aliphatic carbocycles. The molecular weight excluding hydrogens is 259 g/mol. The van der Waals surface area contributed by atoms with Gasteiger partial charge in [0, 0.05) is 14.2 Å². The summed E-state index contributed by atoms with van der Waals surface area (Å²) < 4.78 is 25.6. The van der Waals surface area contributed by atoms with Gasteiger partial charge in [0.05, 0.1) is 5.92 Å². The van der Waals surface area contributed by atoms with Crippen LogP contribution >= 0.6 is 7.60 Å². The van der Waals surface area contributed by atoms with E-state index in [2.05, 4.69) is 13.8 Å². The highest BCUT2D eigenvalue weighted by Crippen LogP contribution is 2.46. The Labute approximate surface area is 107 Å². The van der Waals surface area contributed by atoms with Gasteiger partial charge in [-0.3, -0.25) is 14.2 Å². The van der Waals surface area contributed by atoms with Crippen LogP contribution in [0, 0.1) is 5.92 Å². The monoisotopic (exact) mass is 278 g/mol. The fourth-order valence-electron chi connectivity index (χ4n) is 1.93. The van der Waals surface area contributed by atoms with E-state index in [0.29, 0.717) is 0 Å². The third-order valence-corrected chi connectivity index (χ3v) is 4.79. The van der Waals surface area contributed by atoms with Crippen molar-refractivity contribution in [2.45, 2.75) is 32.1 Å². The first-order valence-electron chi connectivity index (χ1n) is 5.96. The summed E-state index contributed by atoms with van der Waals surface area (Å²) in [5.41, 5.74) is 0. The lowest BCUT2D eigenvalue weighted by Gasteiger charge is -2.19. The molecule has 0 amide bonds. The molecule has 1 aliphatic rings. The zero-order valence-corrected chi connectivity index (χ0v) is 11.6. The van der Waals surface area contributed by atoms with Gasteiger partial charge in [0.25, 0.3) is 0 Å². The molecule has 0 aliphatic heterocycles. The maximum absolute atomic E-state index is 11.7. The van der Waals surface area contributed by atoms with Crippen molar-refractivity contribution in [3.05, 3.63) is 0 Å². The zero-order chi connectivity index (χ0) is 13.6. The van der Waals surface area contributed by atoms with E-state index >= 15 is 0 Å². The first-order valence-corrected chi connectivity index (χ1v) is 7.68. The molecule has 0 saturated heterocycles. The van der Waals surface area contributed by atoms with Gasteiger partial charge in [-0.2, -0.15) is 0 Å². The van der Waals surface area contributed by atoms with E-state index in [9.17, 15) is 14.2 Å². The molecule has 1 fully saturated rings. The van der Waals surface area contributed by atoms with Crippen molar-refractivity contribution in [3.63, 3.8) is 0 Å². The van der Waals surface area contributed by atoms with Crippen LogP contribution in [0.5, 0.6) is 0 Å². The minimum Gasteiger partial charge on any atom is -0.392 e. The molecule has 0 aromatic rings. The molecule has 104 valence electrons. The first kappa shape index (κ1) is 15.3. The van der Waals surface area contributed by atoms with Crippen LogP contribution in [0.15, 0.2) is 0 Å². The van der Waals surface area contributed by atoms with E-state index in [4.69, 9.17) is 0 Å². The molecule has 0 unspecified atom stereocenters. The number of esters is 2. The molecule has 18 heavy (non-hydrogen) atoms. The lowest BCUT2D eigenvalue weighted by atomic mass is 9.89. The summed E-state index contributed by atoms with van der Waals surface area (Å²) in [6.07, 6.45) is 4.01. The van der Waals surface area contributed by atoms with Crippen molar-refractivity contribution in [1.29, 1.82) is 0 Å². The molecule has 0 N–H and O–H groups in total. The van der Waals surface area contributed by atoms with Crippen molar-refractivity contribution >= 4 is 19.5 Å². The fourth-order valence-corrected chi connectivity index (χ4v) is 2.72. The summed E-state index contributed by atoms with van der Waals surface area (Å²) in [5, 5.41) is 0. The molecule has 0 atom stereocenters. The molecule has 0 radical (unpaired) electrons. The predicted molar refractivity (Wildman–Crippen MR) is 64.2 cm³/mol. The minimum absolute atomic E-state index is 0.216. The van der Waals surface area contributed by atoms with E-state index in [-0.39, 0.29) is 5.92 Å². The Morgan fingerprint density at radius 2 is 1.67 bits per heavy atom. The van der Waals surface area contributed by atoms with Gasteiger partial charge in [-0.15, -0.1) is 0 Å². The highest BCUT2D eigenvalue weighted by atomic mass is 31.2. The topological polar surface area (TPSA) is 78.9 Å². The summed E-state index contributed by atoms with van der Waals surface area (Å²) in [6, 6.07) is 0. The first-order chi connectivity index (χ1) is 8.50. The van der Waals surface area contributed by atoms with Crippen LogP contribution in [0.25, 0.3) is 0 Å². The Balaban J connectivity index is 2.44. The zero-order valence-electron chi connectivity index (χ0n) is 10.7. The van der Waals surface area contributed by atoms with Crippen LogP contribution in [-0.4, -0.2) is 32.3 Å². The van der Waals surface area contributed by atoms with Gasteiger partial charge in [0.1, 0.15) is 6.16 Å². The second-order valence-electron chi connectivity index (χ2n) is 4.26. The van der Waals surface area contributed by atoms with Crippen molar-refractivity contribution in [2.24, 2.45) is 5.92 Å². The Hall–Kier alpha value is -0.710. The minimum atomic E-state index is -3.46. The van der Waals surface area contributed by atoms with Gasteiger partial charge in [0.2, 0.25) is 0 Å². The van der Waals surface area contributed by atoms with Crippen molar-refractivity contribution in [3.8, 4) is 0 Å². The maximum Gasteiger partial charge on any atom is 0.341 e. The molecule has 0 spiro atoms. The Morgan fingerprint density at radius 3 is 2.17 bits per heavy atom.